The Labute approximate surface area is 66.9 Å². The fourth-order valence-corrected chi connectivity index (χ4v) is 1.91. The van der Waals surface area contributed by atoms with Crippen LogP contribution in [0.5, 0.6) is 0 Å². The van der Waals surface area contributed by atoms with Crippen LogP contribution in [0.1, 0.15) is 25.7 Å². The Morgan fingerprint density at radius 2 is 2.45 bits per heavy atom. The van der Waals surface area contributed by atoms with E-state index in [0.29, 0.717) is 18.4 Å². The van der Waals surface area contributed by atoms with Gasteiger partial charge >= 0.3 is 0 Å². The first-order valence-corrected chi connectivity index (χ1v) is 4.34. The van der Waals surface area contributed by atoms with Gasteiger partial charge in [0.2, 0.25) is 5.91 Å². The lowest BCUT2D eigenvalue weighted by Crippen LogP contribution is -2.32. The molecular weight excluding hydrogens is 138 g/mol. The number of carbonyl (C=O) groups excluding carboxylic acids is 1. The molecule has 1 fully saturated rings. The van der Waals surface area contributed by atoms with E-state index in [1.807, 2.05) is 4.90 Å². The SMILES string of the molecule is O=C1CCC=CC2CCCN12. The summed E-state index contributed by atoms with van der Waals surface area (Å²) in [4.78, 5) is 13.4. The molecule has 11 heavy (non-hydrogen) atoms. The number of hydrogen-bond donors (Lipinski definition) is 0. The van der Waals surface area contributed by atoms with Crippen LogP contribution in [0.25, 0.3) is 0 Å². The van der Waals surface area contributed by atoms with Crippen LogP contribution in [0.3, 0.4) is 0 Å². The van der Waals surface area contributed by atoms with Crippen LogP contribution >= 0.6 is 0 Å². The first-order chi connectivity index (χ1) is 5.38. The van der Waals surface area contributed by atoms with Crippen molar-refractivity contribution in [3.05, 3.63) is 12.2 Å². The molecule has 0 N–H and O–H groups in total. The molecule has 2 nitrogen and oxygen atoms in total. The summed E-state index contributed by atoms with van der Waals surface area (Å²) < 4.78 is 0. The fourth-order valence-electron chi connectivity index (χ4n) is 1.91. The average molecular weight is 151 g/mol. The number of nitrogens with zero attached hydrogens (tertiary/aromatic N) is 1. The molecule has 1 unspecified atom stereocenters. The van der Waals surface area contributed by atoms with Gasteiger partial charge in [-0.05, 0) is 19.3 Å². The molecule has 2 aliphatic heterocycles. The van der Waals surface area contributed by atoms with Crippen molar-refractivity contribution in [2.75, 3.05) is 6.54 Å². The lowest BCUT2D eigenvalue weighted by atomic mass is 10.2. The highest BCUT2D eigenvalue weighted by Gasteiger charge is 2.27. The Morgan fingerprint density at radius 1 is 1.55 bits per heavy atom. The van der Waals surface area contributed by atoms with Crippen LogP contribution in [-0.4, -0.2) is 23.4 Å². The van der Waals surface area contributed by atoms with Gasteiger partial charge in [-0.25, -0.2) is 0 Å². The summed E-state index contributed by atoms with van der Waals surface area (Å²) in [5, 5.41) is 0. The molecule has 0 aromatic carbocycles. The Morgan fingerprint density at radius 3 is 3.36 bits per heavy atom. The minimum absolute atomic E-state index is 0.345. The van der Waals surface area contributed by atoms with E-state index in [1.54, 1.807) is 0 Å². The van der Waals surface area contributed by atoms with E-state index in [-0.39, 0.29) is 0 Å². The summed E-state index contributed by atoms with van der Waals surface area (Å²) in [6, 6.07) is 0.435. The predicted octanol–water partition coefficient (Wildman–Crippen LogP) is 1.33. The number of allylic oxidation sites excluding steroid dienone is 1. The van der Waals surface area contributed by atoms with Crippen molar-refractivity contribution >= 4 is 5.91 Å². The molecule has 0 aromatic heterocycles. The number of carbonyl (C=O) groups is 1. The van der Waals surface area contributed by atoms with Gasteiger partial charge in [0.15, 0.2) is 0 Å². The van der Waals surface area contributed by atoms with Crippen LogP contribution < -0.4 is 0 Å². The Hall–Kier alpha value is -0.790. The zero-order valence-corrected chi connectivity index (χ0v) is 6.62. The largest absolute Gasteiger partial charge is 0.336 e. The molecule has 1 saturated heterocycles. The summed E-state index contributed by atoms with van der Waals surface area (Å²) in [5.41, 5.74) is 0. The second-order valence-electron chi connectivity index (χ2n) is 3.26. The van der Waals surface area contributed by atoms with Gasteiger partial charge < -0.3 is 4.90 Å². The molecule has 0 spiro atoms. The smallest absolute Gasteiger partial charge is 0.223 e. The highest BCUT2D eigenvalue weighted by Crippen LogP contribution is 2.22. The number of hydrogen-bond acceptors (Lipinski definition) is 1. The molecule has 2 heteroatoms. The molecule has 2 aliphatic rings. The van der Waals surface area contributed by atoms with Gasteiger partial charge in [0.1, 0.15) is 0 Å². The van der Waals surface area contributed by atoms with E-state index in [9.17, 15) is 4.79 Å². The first-order valence-electron chi connectivity index (χ1n) is 4.34. The standard InChI is InChI=1S/C9H13NO/c11-9-6-2-1-4-8-5-3-7-10(8)9/h1,4,8H,2-3,5-7H2. The molecule has 2 heterocycles. The van der Waals surface area contributed by atoms with Gasteiger partial charge in [-0.1, -0.05) is 12.2 Å². The van der Waals surface area contributed by atoms with Gasteiger partial charge in [0.05, 0.1) is 6.04 Å². The highest BCUT2D eigenvalue weighted by molar-refractivity contribution is 5.77. The molecule has 1 amide bonds. The van der Waals surface area contributed by atoms with Crippen LogP contribution in [0.15, 0.2) is 12.2 Å². The summed E-state index contributed by atoms with van der Waals surface area (Å²) in [5.74, 6) is 0.345. The molecular formula is C9H13NO. The highest BCUT2D eigenvalue weighted by atomic mass is 16.2. The minimum Gasteiger partial charge on any atom is -0.336 e. The third kappa shape index (κ3) is 1.17. The maximum atomic E-state index is 11.4. The zero-order chi connectivity index (χ0) is 7.68. The Bertz CT molecular complexity index is 198. The summed E-state index contributed by atoms with van der Waals surface area (Å²) in [6.07, 6.45) is 8.34. The Kier molecular flexibility index (Phi) is 1.68. The quantitative estimate of drug-likeness (QED) is 0.478. The third-order valence-electron chi connectivity index (χ3n) is 2.50. The Balaban J connectivity index is 2.17. The monoisotopic (exact) mass is 151 g/mol. The molecule has 0 aliphatic carbocycles. The van der Waals surface area contributed by atoms with Gasteiger partial charge in [0.25, 0.3) is 0 Å². The molecule has 1 atom stereocenters. The third-order valence-corrected chi connectivity index (χ3v) is 2.50. The van der Waals surface area contributed by atoms with Crippen LogP contribution in [0.4, 0.5) is 0 Å². The lowest BCUT2D eigenvalue weighted by molar-refractivity contribution is -0.130. The normalized spacial score (nSPS) is 30.4. The maximum Gasteiger partial charge on any atom is 0.223 e. The summed E-state index contributed by atoms with van der Waals surface area (Å²) in [6.45, 7) is 0.980. The summed E-state index contributed by atoms with van der Waals surface area (Å²) >= 11 is 0. The maximum absolute atomic E-state index is 11.4. The number of rotatable bonds is 0. The van der Waals surface area contributed by atoms with Crippen molar-refractivity contribution in [3.8, 4) is 0 Å². The van der Waals surface area contributed by atoms with Gasteiger partial charge in [-0.3, -0.25) is 4.79 Å². The topological polar surface area (TPSA) is 20.3 Å². The number of amides is 1. The van der Waals surface area contributed by atoms with E-state index in [0.717, 1.165) is 13.0 Å². The van der Waals surface area contributed by atoms with E-state index < -0.39 is 0 Å². The average Bonchev–Trinajstić information content (AvgIpc) is 2.40. The van der Waals surface area contributed by atoms with Crippen molar-refractivity contribution in [2.24, 2.45) is 0 Å². The van der Waals surface area contributed by atoms with Gasteiger partial charge in [0, 0.05) is 13.0 Å². The van der Waals surface area contributed by atoms with E-state index >= 15 is 0 Å². The number of fused-ring (bicyclic) bond motifs is 1. The van der Waals surface area contributed by atoms with E-state index in [1.165, 1.54) is 12.8 Å². The van der Waals surface area contributed by atoms with Gasteiger partial charge in [-0.15, -0.1) is 0 Å². The van der Waals surface area contributed by atoms with Crippen LogP contribution in [0.2, 0.25) is 0 Å². The van der Waals surface area contributed by atoms with Crippen molar-refractivity contribution in [2.45, 2.75) is 31.7 Å². The van der Waals surface area contributed by atoms with E-state index in [4.69, 9.17) is 0 Å². The molecule has 0 radical (unpaired) electrons. The van der Waals surface area contributed by atoms with Crippen molar-refractivity contribution < 1.29 is 4.79 Å². The molecule has 2 rings (SSSR count). The fraction of sp³-hybridized carbons (Fsp3) is 0.667. The molecule has 0 bridgehead atoms. The molecule has 0 aromatic rings. The van der Waals surface area contributed by atoms with Crippen LogP contribution in [-0.2, 0) is 4.79 Å². The van der Waals surface area contributed by atoms with Crippen molar-refractivity contribution in [1.29, 1.82) is 0 Å². The van der Waals surface area contributed by atoms with Crippen molar-refractivity contribution in [3.63, 3.8) is 0 Å². The predicted molar refractivity (Wildman–Crippen MR) is 43.1 cm³/mol. The summed E-state index contributed by atoms with van der Waals surface area (Å²) in [7, 11) is 0. The van der Waals surface area contributed by atoms with Gasteiger partial charge in [-0.2, -0.15) is 0 Å². The van der Waals surface area contributed by atoms with E-state index in [2.05, 4.69) is 12.2 Å². The van der Waals surface area contributed by atoms with Crippen molar-refractivity contribution in [1.82, 2.24) is 4.90 Å². The second kappa shape index (κ2) is 2.68. The lowest BCUT2D eigenvalue weighted by Gasteiger charge is -2.19. The second-order valence-corrected chi connectivity index (χ2v) is 3.26. The first kappa shape index (κ1) is 6.89. The molecule has 0 saturated carbocycles. The van der Waals surface area contributed by atoms with Crippen LogP contribution in [0, 0.1) is 0 Å². The minimum atomic E-state index is 0.345. The zero-order valence-electron chi connectivity index (χ0n) is 6.62. The molecule has 60 valence electrons.